The number of nitrogens with zero attached hydrogens (tertiary/aromatic N) is 1. The van der Waals surface area contributed by atoms with Crippen molar-refractivity contribution >= 4 is 19.2 Å². The SMILES string of the molecule is N#CCCOCC=C[Si](c1ccccc1)c1ccccc1. The van der Waals surface area contributed by atoms with Gasteiger partial charge in [-0.25, -0.2) is 0 Å². The molecule has 3 heteroatoms. The minimum Gasteiger partial charge on any atom is -0.376 e. The summed E-state index contributed by atoms with van der Waals surface area (Å²) in [5.74, 6) is 0. The number of ether oxygens (including phenoxy) is 1. The normalized spacial score (nSPS) is 10.9. The van der Waals surface area contributed by atoms with Crippen LogP contribution in [0.25, 0.3) is 0 Å². The second kappa shape index (κ2) is 8.91. The zero-order valence-electron chi connectivity index (χ0n) is 11.9. The van der Waals surface area contributed by atoms with Crippen LogP contribution in [0.5, 0.6) is 0 Å². The minimum atomic E-state index is -0.918. The summed E-state index contributed by atoms with van der Waals surface area (Å²) < 4.78 is 5.40. The van der Waals surface area contributed by atoms with E-state index in [1.807, 2.05) is 12.1 Å². The summed E-state index contributed by atoms with van der Waals surface area (Å²) in [4.78, 5) is 0. The third-order valence-corrected chi connectivity index (χ3v) is 5.51. The number of nitriles is 1. The summed E-state index contributed by atoms with van der Waals surface area (Å²) in [6, 6.07) is 23.2. The Balaban J connectivity index is 2.07. The van der Waals surface area contributed by atoms with E-state index in [9.17, 15) is 0 Å². The lowest BCUT2D eigenvalue weighted by atomic mass is 10.4. The Morgan fingerprint density at radius 1 is 0.952 bits per heavy atom. The molecule has 0 atom stereocenters. The van der Waals surface area contributed by atoms with Crippen molar-refractivity contribution in [2.75, 3.05) is 13.2 Å². The zero-order valence-corrected chi connectivity index (χ0v) is 12.9. The molecule has 2 rings (SSSR count). The summed E-state index contributed by atoms with van der Waals surface area (Å²) in [5.41, 5.74) is 2.27. The first-order valence-corrected chi connectivity index (χ1v) is 8.58. The van der Waals surface area contributed by atoms with Gasteiger partial charge < -0.3 is 4.74 Å². The van der Waals surface area contributed by atoms with E-state index in [-0.39, 0.29) is 0 Å². The van der Waals surface area contributed by atoms with E-state index >= 15 is 0 Å². The predicted octanol–water partition coefficient (Wildman–Crippen LogP) is 2.32. The van der Waals surface area contributed by atoms with Gasteiger partial charge in [0, 0.05) is 0 Å². The molecule has 0 amide bonds. The number of hydrogen-bond donors (Lipinski definition) is 0. The molecule has 0 aliphatic carbocycles. The molecule has 0 saturated carbocycles. The predicted molar refractivity (Wildman–Crippen MR) is 88.1 cm³/mol. The highest BCUT2D eigenvalue weighted by molar-refractivity contribution is 6.89. The highest BCUT2D eigenvalue weighted by Crippen LogP contribution is 1.95. The number of hydrogen-bond acceptors (Lipinski definition) is 2. The maximum atomic E-state index is 8.47. The second-order valence-electron chi connectivity index (χ2n) is 4.53. The molecule has 2 aromatic carbocycles. The molecule has 2 nitrogen and oxygen atoms in total. The molecule has 2 aromatic rings. The van der Waals surface area contributed by atoms with Crippen LogP contribution in [0.3, 0.4) is 0 Å². The smallest absolute Gasteiger partial charge is 0.146 e. The second-order valence-corrected chi connectivity index (χ2v) is 6.85. The zero-order chi connectivity index (χ0) is 14.8. The lowest BCUT2D eigenvalue weighted by molar-refractivity contribution is 0.168. The molecule has 0 fully saturated rings. The van der Waals surface area contributed by atoms with E-state index in [2.05, 4.69) is 66.4 Å². The lowest BCUT2D eigenvalue weighted by Crippen LogP contribution is -2.40. The Labute approximate surface area is 127 Å². The maximum absolute atomic E-state index is 8.47. The maximum Gasteiger partial charge on any atom is 0.146 e. The van der Waals surface area contributed by atoms with Crippen LogP contribution < -0.4 is 10.4 Å². The summed E-state index contributed by atoms with van der Waals surface area (Å²) in [6.07, 6.45) is 2.52. The lowest BCUT2D eigenvalue weighted by Gasteiger charge is -2.11. The van der Waals surface area contributed by atoms with Gasteiger partial charge in [0.05, 0.1) is 25.7 Å². The van der Waals surface area contributed by atoms with Gasteiger partial charge in [0.1, 0.15) is 8.80 Å². The van der Waals surface area contributed by atoms with Crippen LogP contribution in [0, 0.1) is 11.3 Å². The summed E-state index contributed by atoms with van der Waals surface area (Å²) in [6.45, 7) is 1.06. The van der Waals surface area contributed by atoms with Gasteiger partial charge in [-0.1, -0.05) is 82.8 Å². The molecular formula is C18H18NOSi. The number of benzene rings is 2. The standard InChI is InChI=1S/C18H18NOSi/c19-13-7-14-20-15-8-16-21(17-9-3-1-4-10-17)18-11-5-2-6-12-18/h1-6,8-12,16H,7,14-15H2. The highest BCUT2D eigenvalue weighted by Gasteiger charge is 2.12. The van der Waals surface area contributed by atoms with E-state index in [0.717, 1.165) is 0 Å². The Hall–Kier alpha value is -2.15. The van der Waals surface area contributed by atoms with E-state index in [1.165, 1.54) is 10.4 Å². The van der Waals surface area contributed by atoms with E-state index in [0.29, 0.717) is 19.6 Å². The van der Waals surface area contributed by atoms with Crippen LogP contribution in [0.15, 0.2) is 72.4 Å². The van der Waals surface area contributed by atoms with Crippen molar-refractivity contribution in [1.29, 1.82) is 5.26 Å². The average Bonchev–Trinajstić information content (AvgIpc) is 2.56. The van der Waals surface area contributed by atoms with Crippen molar-refractivity contribution in [3.63, 3.8) is 0 Å². The van der Waals surface area contributed by atoms with Crippen LogP contribution in [0.2, 0.25) is 0 Å². The molecule has 0 aliphatic rings. The molecule has 0 aliphatic heterocycles. The first kappa shape index (κ1) is 15.2. The van der Waals surface area contributed by atoms with Crippen molar-refractivity contribution < 1.29 is 4.74 Å². The quantitative estimate of drug-likeness (QED) is 0.579. The van der Waals surface area contributed by atoms with E-state index in [1.54, 1.807) is 0 Å². The van der Waals surface area contributed by atoms with Crippen molar-refractivity contribution in [3.8, 4) is 6.07 Å². The molecule has 0 aromatic heterocycles. The molecule has 0 N–H and O–H groups in total. The van der Waals surface area contributed by atoms with E-state index in [4.69, 9.17) is 10.00 Å². The summed E-state index contributed by atoms with van der Waals surface area (Å²) in [5, 5.41) is 11.2. The molecule has 0 bridgehead atoms. The highest BCUT2D eigenvalue weighted by atomic mass is 28.3. The molecule has 0 saturated heterocycles. The van der Waals surface area contributed by atoms with Crippen LogP contribution in [-0.4, -0.2) is 22.0 Å². The van der Waals surface area contributed by atoms with Gasteiger partial charge in [0.25, 0.3) is 0 Å². The van der Waals surface area contributed by atoms with Crippen molar-refractivity contribution in [2.24, 2.45) is 0 Å². The van der Waals surface area contributed by atoms with Gasteiger partial charge >= 0.3 is 0 Å². The molecular weight excluding hydrogens is 274 g/mol. The molecule has 0 heterocycles. The van der Waals surface area contributed by atoms with Crippen LogP contribution in [0.1, 0.15) is 6.42 Å². The fourth-order valence-corrected chi connectivity index (χ4v) is 4.18. The minimum absolute atomic E-state index is 0.447. The largest absolute Gasteiger partial charge is 0.376 e. The Kier molecular flexibility index (Phi) is 6.46. The third kappa shape index (κ3) is 5.03. The van der Waals surface area contributed by atoms with Crippen LogP contribution >= 0.6 is 0 Å². The first-order valence-electron chi connectivity index (χ1n) is 7.01. The molecule has 0 unspecified atom stereocenters. The van der Waals surface area contributed by atoms with Gasteiger partial charge in [-0.05, 0) is 0 Å². The number of rotatable bonds is 7. The summed E-state index contributed by atoms with van der Waals surface area (Å²) in [7, 11) is -0.918. The Morgan fingerprint density at radius 2 is 1.52 bits per heavy atom. The van der Waals surface area contributed by atoms with Crippen molar-refractivity contribution in [2.45, 2.75) is 6.42 Å². The Bertz CT molecular complexity index is 550. The Morgan fingerprint density at radius 3 is 2.05 bits per heavy atom. The average molecular weight is 292 g/mol. The van der Waals surface area contributed by atoms with Gasteiger partial charge in [-0.2, -0.15) is 5.26 Å². The van der Waals surface area contributed by atoms with Gasteiger partial charge in [-0.3, -0.25) is 0 Å². The van der Waals surface area contributed by atoms with Gasteiger partial charge in [0.2, 0.25) is 0 Å². The van der Waals surface area contributed by atoms with Gasteiger partial charge in [-0.15, -0.1) is 0 Å². The first-order chi connectivity index (χ1) is 10.4. The molecule has 21 heavy (non-hydrogen) atoms. The van der Waals surface area contributed by atoms with Crippen LogP contribution in [-0.2, 0) is 4.74 Å². The monoisotopic (exact) mass is 292 g/mol. The van der Waals surface area contributed by atoms with Crippen molar-refractivity contribution in [1.82, 2.24) is 0 Å². The van der Waals surface area contributed by atoms with Gasteiger partial charge in [0.15, 0.2) is 0 Å². The topological polar surface area (TPSA) is 33.0 Å². The fourth-order valence-electron chi connectivity index (χ4n) is 2.03. The van der Waals surface area contributed by atoms with Crippen LogP contribution in [0.4, 0.5) is 0 Å². The molecule has 105 valence electrons. The molecule has 1 radical (unpaired) electrons. The molecule has 0 spiro atoms. The third-order valence-electron chi connectivity index (χ3n) is 3.03. The van der Waals surface area contributed by atoms with E-state index < -0.39 is 8.80 Å². The fraction of sp³-hybridized carbons (Fsp3) is 0.167. The summed E-state index contributed by atoms with van der Waals surface area (Å²) >= 11 is 0. The van der Waals surface area contributed by atoms with Crippen molar-refractivity contribution in [3.05, 3.63) is 72.4 Å².